The second kappa shape index (κ2) is 1.43. The Morgan fingerprint density at radius 3 is 3.22 bits per heavy atom. The molecule has 2 atom stereocenters. The molecular formula is C7H10N2. The van der Waals surface area contributed by atoms with Gasteiger partial charge in [-0.15, -0.1) is 0 Å². The Bertz CT molecular complexity index is 183. The van der Waals surface area contributed by atoms with Crippen molar-refractivity contribution in [3.8, 4) is 0 Å². The number of hydrogen-bond acceptors (Lipinski definition) is 2. The van der Waals surface area contributed by atoms with E-state index in [0.717, 1.165) is 0 Å². The van der Waals surface area contributed by atoms with E-state index in [4.69, 9.17) is 0 Å². The molecule has 0 amide bonds. The monoisotopic (exact) mass is 122 g/mol. The van der Waals surface area contributed by atoms with Crippen molar-refractivity contribution in [3.05, 3.63) is 12.3 Å². The summed E-state index contributed by atoms with van der Waals surface area (Å²) < 4.78 is 0. The fourth-order valence-electron chi connectivity index (χ4n) is 1.43. The van der Waals surface area contributed by atoms with Crippen molar-refractivity contribution in [2.24, 2.45) is 15.6 Å². The second-order valence-corrected chi connectivity index (χ2v) is 2.85. The summed E-state index contributed by atoms with van der Waals surface area (Å²) in [6.45, 7) is 2.21. The Morgan fingerprint density at radius 2 is 2.67 bits per heavy atom. The predicted molar refractivity (Wildman–Crippen MR) is 35.1 cm³/mol. The standard InChI is InChI=1S/C7H10N2/c1-2-7-3-4-8-9-6(7)5-7/h3-4,6H,2,5H2,1H3. The summed E-state index contributed by atoms with van der Waals surface area (Å²) in [4.78, 5) is 0. The lowest BCUT2D eigenvalue weighted by Crippen LogP contribution is -2.00. The fourth-order valence-corrected chi connectivity index (χ4v) is 1.43. The van der Waals surface area contributed by atoms with Gasteiger partial charge in [-0.25, -0.2) is 0 Å². The Labute approximate surface area is 54.7 Å². The van der Waals surface area contributed by atoms with Crippen LogP contribution < -0.4 is 0 Å². The molecule has 2 rings (SSSR count). The van der Waals surface area contributed by atoms with Crippen LogP contribution in [-0.2, 0) is 0 Å². The fraction of sp³-hybridized carbons (Fsp3) is 0.714. The summed E-state index contributed by atoms with van der Waals surface area (Å²) in [5, 5.41) is 7.92. The Kier molecular flexibility index (Phi) is 0.821. The van der Waals surface area contributed by atoms with Crippen LogP contribution in [0.5, 0.6) is 0 Å². The maximum absolute atomic E-state index is 4.09. The SMILES string of the molecule is CCC12C=CN=NC1C2. The van der Waals surface area contributed by atoms with E-state index in [-0.39, 0.29) is 0 Å². The van der Waals surface area contributed by atoms with Crippen molar-refractivity contribution in [2.75, 3.05) is 0 Å². The van der Waals surface area contributed by atoms with Crippen molar-refractivity contribution < 1.29 is 0 Å². The zero-order chi connectivity index (χ0) is 6.32. The summed E-state index contributed by atoms with van der Waals surface area (Å²) in [5.74, 6) is 0. The van der Waals surface area contributed by atoms with E-state index >= 15 is 0 Å². The van der Waals surface area contributed by atoms with Crippen LogP contribution in [-0.4, -0.2) is 6.04 Å². The van der Waals surface area contributed by atoms with E-state index in [1.165, 1.54) is 12.8 Å². The molecule has 9 heavy (non-hydrogen) atoms. The van der Waals surface area contributed by atoms with Gasteiger partial charge in [0.1, 0.15) is 0 Å². The van der Waals surface area contributed by atoms with E-state index in [1.54, 1.807) is 0 Å². The summed E-state index contributed by atoms with van der Waals surface area (Å²) in [6.07, 6.45) is 6.47. The Balaban J connectivity index is 2.23. The van der Waals surface area contributed by atoms with E-state index < -0.39 is 0 Å². The highest BCUT2D eigenvalue weighted by Crippen LogP contribution is 2.54. The molecule has 48 valence electrons. The first kappa shape index (κ1) is 5.15. The number of fused-ring (bicyclic) bond motifs is 1. The normalized spacial score (nSPS) is 44.8. The van der Waals surface area contributed by atoms with Gasteiger partial charge in [0.25, 0.3) is 0 Å². The first-order valence-electron chi connectivity index (χ1n) is 3.45. The molecule has 2 aliphatic rings. The quantitative estimate of drug-likeness (QED) is 0.509. The zero-order valence-corrected chi connectivity index (χ0v) is 5.54. The molecule has 0 bridgehead atoms. The predicted octanol–water partition coefficient (Wildman–Crippen LogP) is 2.13. The average Bonchev–Trinajstić information content (AvgIpc) is 2.62. The molecule has 0 aromatic heterocycles. The smallest absolute Gasteiger partial charge is 0.0813 e. The van der Waals surface area contributed by atoms with Gasteiger partial charge in [0.05, 0.1) is 6.04 Å². The minimum absolute atomic E-state index is 0.446. The lowest BCUT2D eigenvalue weighted by Gasteiger charge is -2.06. The number of hydrogen-bond donors (Lipinski definition) is 0. The summed E-state index contributed by atoms with van der Waals surface area (Å²) in [5.41, 5.74) is 0.446. The third-order valence-electron chi connectivity index (χ3n) is 2.41. The maximum atomic E-state index is 4.09. The van der Waals surface area contributed by atoms with Crippen LogP contribution in [0.2, 0.25) is 0 Å². The lowest BCUT2D eigenvalue weighted by molar-refractivity contribution is 0.575. The van der Waals surface area contributed by atoms with Gasteiger partial charge < -0.3 is 0 Å². The molecule has 0 aromatic rings. The van der Waals surface area contributed by atoms with Crippen LogP contribution in [0.15, 0.2) is 22.5 Å². The van der Waals surface area contributed by atoms with Crippen molar-refractivity contribution in [3.63, 3.8) is 0 Å². The van der Waals surface area contributed by atoms with Gasteiger partial charge >= 0.3 is 0 Å². The number of nitrogens with zero attached hydrogens (tertiary/aromatic N) is 2. The molecule has 0 spiro atoms. The van der Waals surface area contributed by atoms with Gasteiger partial charge in [-0.2, -0.15) is 10.2 Å². The molecule has 1 heterocycles. The molecule has 2 nitrogen and oxygen atoms in total. The van der Waals surface area contributed by atoms with Crippen molar-refractivity contribution in [1.29, 1.82) is 0 Å². The minimum atomic E-state index is 0.446. The summed E-state index contributed by atoms with van der Waals surface area (Å²) >= 11 is 0. The van der Waals surface area contributed by atoms with Gasteiger partial charge in [-0.3, -0.25) is 0 Å². The minimum Gasteiger partial charge on any atom is -0.185 e. The summed E-state index contributed by atoms with van der Waals surface area (Å²) in [6, 6.07) is 0.535. The lowest BCUT2D eigenvalue weighted by atomic mass is 10.0. The van der Waals surface area contributed by atoms with Crippen LogP contribution in [0.4, 0.5) is 0 Å². The first-order chi connectivity index (χ1) is 4.37. The first-order valence-corrected chi connectivity index (χ1v) is 3.45. The van der Waals surface area contributed by atoms with Crippen LogP contribution in [0.3, 0.4) is 0 Å². The molecule has 0 aromatic carbocycles. The second-order valence-electron chi connectivity index (χ2n) is 2.85. The van der Waals surface area contributed by atoms with Gasteiger partial charge in [0, 0.05) is 11.6 Å². The molecule has 0 saturated heterocycles. The molecular weight excluding hydrogens is 112 g/mol. The van der Waals surface area contributed by atoms with Crippen LogP contribution >= 0.6 is 0 Å². The highest BCUT2D eigenvalue weighted by molar-refractivity contribution is 5.20. The highest BCUT2D eigenvalue weighted by atomic mass is 15.2. The Morgan fingerprint density at radius 1 is 1.78 bits per heavy atom. The van der Waals surface area contributed by atoms with E-state index in [0.29, 0.717) is 11.5 Å². The molecule has 1 aliphatic heterocycles. The van der Waals surface area contributed by atoms with Crippen LogP contribution in [0.25, 0.3) is 0 Å². The molecule has 1 saturated carbocycles. The molecule has 0 radical (unpaired) electrons. The molecule has 2 unspecified atom stereocenters. The van der Waals surface area contributed by atoms with E-state index in [1.807, 2.05) is 6.20 Å². The maximum Gasteiger partial charge on any atom is 0.0813 e. The topological polar surface area (TPSA) is 24.7 Å². The third kappa shape index (κ3) is 0.560. The Hall–Kier alpha value is -0.660. The third-order valence-corrected chi connectivity index (χ3v) is 2.41. The van der Waals surface area contributed by atoms with E-state index in [2.05, 4.69) is 23.2 Å². The molecule has 1 aliphatic carbocycles. The van der Waals surface area contributed by atoms with Crippen LogP contribution in [0.1, 0.15) is 19.8 Å². The van der Waals surface area contributed by atoms with Gasteiger partial charge in [-0.05, 0) is 12.8 Å². The van der Waals surface area contributed by atoms with Gasteiger partial charge in [0.15, 0.2) is 0 Å². The molecule has 0 N–H and O–H groups in total. The zero-order valence-electron chi connectivity index (χ0n) is 5.54. The number of rotatable bonds is 1. The molecule has 1 fully saturated rings. The summed E-state index contributed by atoms with van der Waals surface area (Å²) in [7, 11) is 0. The average molecular weight is 122 g/mol. The van der Waals surface area contributed by atoms with Crippen LogP contribution in [0, 0.1) is 5.41 Å². The van der Waals surface area contributed by atoms with Gasteiger partial charge in [0.2, 0.25) is 0 Å². The highest BCUT2D eigenvalue weighted by Gasteiger charge is 2.52. The van der Waals surface area contributed by atoms with E-state index in [9.17, 15) is 0 Å². The van der Waals surface area contributed by atoms with Crippen molar-refractivity contribution in [1.82, 2.24) is 0 Å². The molecule has 2 heteroatoms. The van der Waals surface area contributed by atoms with Gasteiger partial charge in [-0.1, -0.05) is 13.0 Å². The van der Waals surface area contributed by atoms with Crippen molar-refractivity contribution in [2.45, 2.75) is 25.8 Å². The largest absolute Gasteiger partial charge is 0.185 e. The number of azo groups is 1. The van der Waals surface area contributed by atoms with Crippen molar-refractivity contribution >= 4 is 0 Å².